The van der Waals surface area contributed by atoms with E-state index in [2.05, 4.69) is 10.4 Å². The molecule has 0 fully saturated rings. The summed E-state index contributed by atoms with van der Waals surface area (Å²) in [5.74, 6) is -0.112. The highest BCUT2D eigenvalue weighted by Crippen LogP contribution is 2.07. The highest BCUT2D eigenvalue weighted by Gasteiger charge is 2.07. The largest absolute Gasteiger partial charge is 0.600 e. The molecule has 1 amide bonds. The molecular weight excluding hydrogens is 290 g/mol. The Kier molecular flexibility index (Phi) is 5.86. The van der Waals surface area contributed by atoms with E-state index in [9.17, 15) is 10.0 Å². The Labute approximate surface area is 136 Å². The summed E-state index contributed by atoms with van der Waals surface area (Å²) in [4.78, 5) is 12.5. The maximum atomic E-state index is 11.8. The van der Waals surface area contributed by atoms with E-state index in [1.807, 2.05) is 44.2 Å². The quantitative estimate of drug-likeness (QED) is 0.504. The molecule has 120 valence electrons. The van der Waals surface area contributed by atoms with E-state index in [0.29, 0.717) is 17.0 Å². The van der Waals surface area contributed by atoms with E-state index in [1.54, 1.807) is 24.3 Å². The third-order valence-electron chi connectivity index (χ3n) is 3.21. The Morgan fingerprint density at radius 2 is 1.74 bits per heavy atom. The van der Waals surface area contributed by atoms with E-state index in [1.165, 1.54) is 0 Å². The summed E-state index contributed by atoms with van der Waals surface area (Å²) < 4.78 is 0. The zero-order chi connectivity index (χ0) is 16.7. The van der Waals surface area contributed by atoms with Crippen molar-refractivity contribution in [1.29, 1.82) is 0 Å². The molecule has 0 aliphatic heterocycles. The molecule has 0 aliphatic rings. The van der Waals surface area contributed by atoms with E-state index in [4.69, 9.17) is 0 Å². The molecule has 2 rings (SSSR count). The third-order valence-corrected chi connectivity index (χ3v) is 3.21. The fraction of sp³-hybridized carbons (Fsp3) is 0.278. The van der Waals surface area contributed by atoms with Crippen LogP contribution >= 0.6 is 0 Å². The molecule has 1 N–H and O–H groups in total. The lowest BCUT2D eigenvalue weighted by molar-refractivity contribution is -0.547. The van der Waals surface area contributed by atoms with Crippen LogP contribution in [0.4, 0.5) is 0 Å². The molecule has 0 saturated heterocycles. The van der Waals surface area contributed by atoms with E-state index in [0.717, 1.165) is 11.1 Å². The molecular formula is C18H21N3O2. The molecule has 5 heteroatoms. The highest BCUT2D eigenvalue weighted by molar-refractivity contribution is 5.94. The van der Waals surface area contributed by atoms with Crippen molar-refractivity contribution in [3.63, 3.8) is 0 Å². The van der Waals surface area contributed by atoms with Crippen molar-refractivity contribution >= 4 is 5.91 Å². The second kappa shape index (κ2) is 8.08. The lowest BCUT2D eigenvalue weighted by Crippen LogP contribution is -2.30. The van der Waals surface area contributed by atoms with Gasteiger partial charge in [-0.05, 0) is 36.7 Å². The number of nitrogens with zero attached hydrogens (tertiary/aromatic N) is 2. The van der Waals surface area contributed by atoms with Crippen LogP contribution in [-0.2, 0) is 13.1 Å². The topological polar surface area (TPSA) is 67.5 Å². The van der Waals surface area contributed by atoms with Crippen LogP contribution in [0.3, 0.4) is 0 Å². The minimum Gasteiger partial charge on any atom is -0.600 e. The van der Waals surface area contributed by atoms with Crippen LogP contribution in [0, 0.1) is 5.21 Å². The van der Waals surface area contributed by atoms with Gasteiger partial charge in [-0.2, -0.15) is 0 Å². The van der Waals surface area contributed by atoms with E-state index < -0.39 is 0 Å². The van der Waals surface area contributed by atoms with Crippen molar-refractivity contribution in [3.8, 4) is 0 Å². The van der Waals surface area contributed by atoms with Crippen molar-refractivity contribution in [2.24, 2.45) is 5.11 Å². The normalized spacial score (nSPS) is 11.5. The molecule has 0 aromatic heterocycles. The standard InChI is InChI=1S/C18H21N3O2/c1-14(2)20-18(22)17-10-8-16(9-11-17)13-21(23)19-12-15-6-4-3-5-7-15/h3-11,14H,12-13H2,1-2H3,(H,20,22). The molecule has 0 saturated carbocycles. The first-order valence-electron chi connectivity index (χ1n) is 7.60. The van der Waals surface area contributed by atoms with Crippen LogP contribution in [0.1, 0.15) is 35.3 Å². The third kappa shape index (κ3) is 5.54. The zero-order valence-corrected chi connectivity index (χ0v) is 13.4. The molecule has 0 heterocycles. The van der Waals surface area contributed by atoms with Crippen LogP contribution in [0.5, 0.6) is 0 Å². The Morgan fingerprint density at radius 3 is 2.35 bits per heavy atom. The van der Waals surface area contributed by atoms with Crippen molar-refractivity contribution in [1.82, 2.24) is 5.32 Å². The highest BCUT2D eigenvalue weighted by atomic mass is 16.5. The summed E-state index contributed by atoms with van der Waals surface area (Å²) in [6, 6.07) is 16.7. The molecule has 0 atom stereocenters. The fourth-order valence-corrected chi connectivity index (χ4v) is 2.06. The zero-order valence-electron chi connectivity index (χ0n) is 13.4. The van der Waals surface area contributed by atoms with Gasteiger partial charge in [0.15, 0.2) is 0 Å². The number of carbonyl (C=O) groups excluding carboxylic acids is 1. The fourth-order valence-electron chi connectivity index (χ4n) is 2.06. The van der Waals surface area contributed by atoms with Gasteiger partial charge < -0.3 is 10.5 Å². The Bertz CT molecular complexity index is 664. The van der Waals surface area contributed by atoms with Gasteiger partial charge in [0, 0.05) is 17.2 Å². The van der Waals surface area contributed by atoms with Gasteiger partial charge in [-0.1, -0.05) is 47.3 Å². The SMILES string of the molecule is CC(C)NC(=O)c1ccc(C[N+]([O-])=NCc2ccccc2)cc1. The van der Waals surface area contributed by atoms with Crippen molar-refractivity contribution in [3.05, 3.63) is 76.5 Å². The first-order valence-corrected chi connectivity index (χ1v) is 7.60. The predicted molar refractivity (Wildman–Crippen MR) is 88.9 cm³/mol. The molecule has 0 spiro atoms. The van der Waals surface area contributed by atoms with Crippen molar-refractivity contribution < 1.29 is 9.66 Å². The average molecular weight is 311 g/mol. The summed E-state index contributed by atoms with van der Waals surface area (Å²) in [5, 5.41) is 18.6. The van der Waals surface area contributed by atoms with E-state index in [-0.39, 0.29) is 18.5 Å². The number of benzene rings is 2. The number of nitrogens with one attached hydrogen (secondary N) is 1. The number of rotatable bonds is 6. The second-order valence-corrected chi connectivity index (χ2v) is 5.62. The van der Waals surface area contributed by atoms with Crippen LogP contribution in [-0.4, -0.2) is 16.8 Å². The summed E-state index contributed by atoms with van der Waals surface area (Å²) in [6.45, 7) is 4.35. The Hall–Kier alpha value is -2.69. The van der Waals surface area contributed by atoms with Gasteiger partial charge >= 0.3 is 0 Å². The average Bonchev–Trinajstić information content (AvgIpc) is 2.54. The number of hydroxylamine groups is 1. The van der Waals surface area contributed by atoms with Gasteiger partial charge in [0.1, 0.15) is 6.54 Å². The molecule has 5 nitrogen and oxygen atoms in total. The number of hydrogen-bond acceptors (Lipinski definition) is 3. The van der Waals surface area contributed by atoms with Crippen LogP contribution in [0.25, 0.3) is 0 Å². The van der Waals surface area contributed by atoms with Gasteiger partial charge in [-0.25, -0.2) is 0 Å². The second-order valence-electron chi connectivity index (χ2n) is 5.62. The molecule has 23 heavy (non-hydrogen) atoms. The molecule has 2 aromatic carbocycles. The van der Waals surface area contributed by atoms with Crippen LogP contribution in [0.15, 0.2) is 59.7 Å². The predicted octanol–water partition coefficient (Wildman–Crippen LogP) is 3.49. The Balaban J connectivity index is 1.93. The van der Waals surface area contributed by atoms with Gasteiger partial charge in [-0.3, -0.25) is 4.79 Å². The number of amides is 1. The monoisotopic (exact) mass is 311 g/mol. The van der Waals surface area contributed by atoms with Crippen LogP contribution in [0.2, 0.25) is 0 Å². The maximum absolute atomic E-state index is 11.8. The molecule has 0 aliphatic carbocycles. The first kappa shape index (κ1) is 16.7. The summed E-state index contributed by atoms with van der Waals surface area (Å²) >= 11 is 0. The summed E-state index contributed by atoms with van der Waals surface area (Å²) in [7, 11) is 0. The molecule has 0 unspecified atom stereocenters. The maximum Gasteiger partial charge on any atom is 0.251 e. The lowest BCUT2D eigenvalue weighted by Gasteiger charge is -2.08. The number of azo groups is 1. The minimum atomic E-state index is -0.112. The minimum absolute atomic E-state index is 0.0936. The van der Waals surface area contributed by atoms with Gasteiger partial charge in [0.05, 0.1) is 0 Å². The molecule has 0 radical (unpaired) electrons. The summed E-state index contributed by atoms with van der Waals surface area (Å²) in [5.41, 5.74) is 2.40. The van der Waals surface area contributed by atoms with Gasteiger partial charge in [0.2, 0.25) is 6.54 Å². The molecule has 0 bridgehead atoms. The van der Waals surface area contributed by atoms with Gasteiger partial charge in [0.25, 0.3) is 5.91 Å². The number of carbonyl (C=O) groups is 1. The van der Waals surface area contributed by atoms with Crippen molar-refractivity contribution in [2.45, 2.75) is 33.0 Å². The number of hydrogen-bond donors (Lipinski definition) is 1. The van der Waals surface area contributed by atoms with Crippen LogP contribution < -0.4 is 5.32 Å². The summed E-state index contributed by atoms with van der Waals surface area (Å²) in [6.07, 6.45) is 0. The first-order chi connectivity index (χ1) is 11.0. The lowest BCUT2D eigenvalue weighted by atomic mass is 10.1. The van der Waals surface area contributed by atoms with E-state index >= 15 is 0 Å². The van der Waals surface area contributed by atoms with Crippen molar-refractivity contribution in [2.75, 3.05) is 0 Å². The molecule has 2 aromatic rings. The van der Waals surface area contributed by atoms with Gasteiger partial charge in [-0.15, -0.1) is 0 Å². The Morgan fingerprint density at radius 1 is 1.09 bits per heavy atom. The smallest absolute Gasteiger partial charge is 0.251 e.